The number of alkyl halides is 3. The molecule has 24 heavy (non-hydrogen) atoms. The summed E-state index contributed by atoms with van der Waals surface area (Å²) in [7, 11) is 1.31. The van der Waals surface area contributed by atoms with E-state index in [0.717, 1.165) is 10.6 Å². The number of nitro benzene ring substituents is 1. The van der Waals surface area contributed by atoms with Crippen LogP contribution in [-0.4, -0.2) is 42.3 Å². The summed E-state index contributed by atoms with van der Waals surface area (Å²) in [5, 5.41) is 11.8. The Morgan fingerprint density at radius 2 is 2.08 bits per heavy atom. The zero-order chi connectivity index (χ0) is 17.9. The molecule has 10 heteroatoms. The van der Waals surface area contributed by atoms with Crippen LogP contribution in [0.5, 0.6) is 5.75 Å². The largest absolute Gasteiger partial charge is 0.492 e. The maximum Gasteiger partial charge on any atom is 0.492 e. The van der Waals surface area contributed by atoms with Crippen LogP contribution in [0.2, 0.25) is 0 Å². The van der Waals surface area contributed by atoms with Gasteiger partial charge in [-0.25, -0.2) is 4.79 Å². The fourth-order valence-electron chi connectivity index (χ4n) is 2.19. The molecule has 0 unspecified atom stereocenters. The van der Waals surface area contributed by atoms with Gasteiger partial charge in [-0.05, 0) is 29.7 Å². The highest BCUT2D eigenvalue weighted by atomic mass is 19.4. The molecular weight excluding hydrogens is 333 g/mol. The van der Waals surface area contributed by atoms with E-state index in [-0.39, 0.29) is 24.5 Å². The number of methoxy groups -OCH3 is 1. The molecule has 130 valence electrons. The molecule has 0 saturated carbocycles. The summed E-state index contributed by atoms with van der Waals surface area (Å²) >= 11 is 0. The average Bonchev–Trinajstić information content (AvgIpc) is 2.54. The predicted molar refractivity (Wildman–Crippen MR) is 76.0 cm³/mol. The number of nitro groups is 1. The molecule has 0 spiro atoms. The van der Waals surface area contributed by atoms with Gasteiger partial charge in [0.05, 0.1) is 18.6 Å². The number of halogens is 3. The van der Waals surface area contributed by atoms with Crippen LogP contribution in [0.15, 0.2) is 24.3 Å². The highest BCUT2D eigenvalue weighted by Crippen LogP contribution is 2.32. The van der Waals surface area contributed by atoms with Crippen molar-refractivity contribution in [3.63, 3.8) is 0 Å². The lowest BCUT2D eigenvalue weighted by atomic mass is 9.99. The van der Waals surface area contributed by atoms with Crippen molar-refractivity contribution in [3.8, 4) is 5.75 Å². The van der Waals surface area contributed by atoms with E-state index in [0.29, 0.717) is 12.0 Å². The molecule has 1 heterocycles. The van der Waals surface area contributed by atoms with Crippen molar-refractivity contribution in [3.05, 3.63) is 40.0 Å². The number of hydrogen-bond acceptors (Lipinski definition) is 6. The second-order valence-corrected chi connectivity index (χ2v) is 4.89. The van der Waals surface area contributed by atoms with E-state index in [2.05, 4.69) is 4.84 Å². The van der Waals surface area contributed by atoms with Gasteiger partial charge in [0.25, 0.3) is 0 Å². The molecule has 1 aromatic rings. The van der Waals surface area contributed by atoms with Gasteiger partial charge in [-0.2, -0.15) is 13.2 Å². The molecule has 0 bridgehead atoms. The Balaban J connectivity index is 2.10. The number of nitrogens with zero attached hydrogens (tertiary/aromatic N) is 2. The summed E-state index contributed by atoms with van der Waals surface area (Å²) in [6.45, 7) is 0.0589. The maximum absolute atomic E-state index is 12.1. The van der Waals surface area contributed by atoms with Gasteiger partial charge in [-0.15, -0.1) is 5.06 Å². The molecule has 1 aliphatic heterocycles. The van der Waals surface area contributed by atoms with Crippen LogP contribution in [0.1, 0.15) is 12.0 Å². The van der Waals surface area contributed by atoms with Gasteiger partial charge >= 0.3 is 17.8 Å². The monoisotopic (exact) mass is 346 g/mol. The zero-order valence-corrected chi connectivity index (χ0v) is 12.5. The lowest BCUT2D eigenvalue weighted by Crippen LogP contribution is -2.37. The molecule has 0 fully saturated rings. The van der Waals surface area contributed by atoms with E-state index in [1.165, 1.54) is 25.3 Å². The number of hydrogen-bond donors (Lipinski definition) is 0. The Morgan fingerprint density at radius 1 is 1.38 bits per heavy atom. The summed E-state index contributed by atoms with van der Waals surface area (Å²) in [6.07, 6.45) is -3.14. The molecule has 0 aliphatic carbocycles. The molecule has 0 radical (unpaired) electrons. The average molecular weight is 346 g/mol. The molecular formula is C14H13F3N2O5. The van der Waals surface area contributed by atoms with Gasteiger partial charge < -0.3 is 9.57 Å². The van der Waals surface area contributed by atoms with Crippen molar-refractivity contribution in [2.24, 2.45) is 0 Å². The van der Waals surface area contributed by atoms with Crippen molar-refractivity contribution in [1.29, 1.82) is 0 Å². The third-order valence-corrected chi connectivity index (χ3v) is 3.36. The van der Waals surface area contributed by atoms with Crippen LogP contribution in [0.4, 0.5) is 18.9 Å². The molecule has 0 amide bonds. The molecule has 1 aromatic carbocycles. The van der Waals surface area contributed by atoms with E-state index < -0.39 is 17.1 Å². The first-order valence-corrected chi connectivity index (χ1v) is 6.78. The van der Waals surface area contributed by atoms with Gasteiger partial charge in [0.15, 0.2) is 5.75 Å². The van der Waals surface area contributed by atoms with Crippen molar-refractivity contribution in [2.75, 3.05) is 20.2 Å². The molecule has 0 aromatic heterocycles. The Bertz CT molecular complexity index is 687. The third kappa shape index (κ3) is 4.02. The molecule has 0 atom stereocenters. The van der Waals surface area contributed by atoms with Gasteiger partial charge in [0, 0.05) is 12.6 Å². The van der Waals surface area contributed by atoms with Crippen LogP contribution in [0.25, 0.3) is 5.57 Å². The summed E-state index contributed by atoms with van der Waals surface area (Å²) in [6, 6.07) is 4.32. The standard InChI is InChI=1S/C14H13F3N2O5/c1-23-12-8-10(2-3-11(12)19(21)22)9-4-6-18(7-5-9)24-13(20)14(15,16)17/h2-4,8H,5-7H2,1H3. The maximum atomic E-state index is 12.1. The van der Waals surface area contributed by atoms with Crippen LogP contribution >= 0.6 is 0 Å². The van der Waals surface area contributed by atoms with Crippen molar-refractivity contribution < 1.29 is 32.5 Å². The quantitative estimate of drug-likeness (QED) is 0.616. The first kappa shape index (κ1) is 17.7. The number of carbonyl (C=O) groups is 1. The van der Waals surface area contributed by atoms with Crippen molar-refractivity contribution in [2.45, 2.75) is 12.6 Å². The Morgan fingerprint density at radius 3 is 2.58 bits per heavy atom. The third-order valence-electron chi connectivity index (χ3n) is 3.36. The molecule has 0 N–H and O–H groups in total. The number of ether oxygens (including phenoxy) is 1. The summed E-state index contributed by atoms with van der Waals surface area (Å²) in [5.41, 5.74) is 1.24. The van der Waals surface area contributed by atoms with E-state index in [1.807, 2.05) is 0 Å². The van der Waals surface area contributed by atoms with Gasteiger partial charge in [0.2, 0.25) is 0 Å². The highest BCUT2D eigenvalue weighted by molar-refractivity contribution is 5.75. The van der Waals surface area contributed by atoms with Gasteiger partial charge in [0.1, 0.15) is 0 Å². The lowest BCUT2D eigenvalue weighted by Gasteiger charge is -2.25. The molecule has 0 saturated heterocycles. The fraction of sp³-hybridized carbons (Fsp3) is 0.357. The first-order chi connectivity index (χ1) is 11.2. The van der Waals surface area contributed by atoms with E-state index in [9.17, 15) is 28.1 Å². The number of benzene rings is 1. The minimum absolute atomic E-state index is 0.0174. The number of carbonyl (C=O) groups excluding carboxylic acids is 1. The normalized spacial score (nSPS) is 15.6. The minimum atomic E-state index is -5.05. The summed E-state index contributed by atoms with van der Waals surface area (Å²) in [4.78, 5) is 25.3. The van der Waals surface area contributed by atoms with Crippen LogP contribution in [0, 0.1) is 10.1 Å². The zero-order valence-electron chi connectivity index (χ0n) is 12.5. The molecule has 7 nitrogen and oxygen atoms in total. The highest BCUT2D eigenvalue weighted by Gasteiger charge is 2.42. The smallest absolute Gasteiger partial charge is 0.490 e. The summed E-state index contributed by atoms with van der Waals surface area (Å²) in [5.74, 6) is -2.18. The Kier molecular flexibility index (Phi) is 5.07. The number of hydroxylamine groups is 2. The number of rotatable bonds is 4. The van der Waals surface area contributed by atoms with E-state index >= 15 is 0 Å². The van der Waals surface area contributed by atoms with E-state index in [1.54, 1.807) is 6.08 Å². The molecule has 1 aliphatic rings. The van der Waals surface area contributed by atoms with Gasteiger partial charge in [-0.3, -0.25) is 10.1 Å². The van der Waals surface area contributed by atoms with Gasteiger partial charge in [-0.1, -0.05) is 6.08 Å². The van der Waals surface area contributed by atoms with E-state index in [4.69, 9.17) is 4.74 Å². The topological polar surface area (TPSA) is 81.9 Å². The fourth-order valence-corrected chi connectivity index (χ4v) is 2.19. The minimum Gasteiger partial charge on any atom is -0.490 e. The van der Waals surface area contributed by atoms with Crippen LogP contribution in [0.3, 0.4) is 0 Å². The Hall–Kier alpha value is -2.62. The Labute approximate surface area is 134 Å². The first-order valence-electron chi connectivity index (χ1n) is 6.78. The second kappa shape index (κ2) is 6.87. The second-order valence-electron chi connectivity index (χ2n) is 4.89. The van der Waals surface area contributed by atoms with Crippen molar-refractivity contribution in [1.82, 2.24) is 5.06 Å². The summed E-state index contributed by atoms with van der Waals surface area (Å²) < 4.78 is 41.4. The van der Waals surface area contributed by atoms with Crippen LogP contribution in [-0.2, 0) is 9.63 Å². The van der Waals surface area contributed by atoms with Crippen molar-refractivity contribution >= 4 is 17.2 Å². The predicted octanol–water partition coefficient (Wildman–Crippen LogP) is 2.71. The SMILES string of the molecule is COc1cc(C2=CCN(OC(=O)C(F)(F)F)CC2)ccc1[N+](=O)[O-]. The molecule has 2 rings (SSSR count). The van der Waals surface area contributed by atoms with Crippen LogP contribution < -0.4 is 4.74 Å². The lowest BCUT2D eigenvalue weighted by molar-refractivity contribution is -0.385.